The number of nitrogens with one attached hydrogen (secondary N) is 2. The summed E-state index contributed by atoms with van der Waals surface area (Å²) in [6, 6.07) is 4.24. The molecule has 0 spiro atoms. The number of amides is 1. The number of benzene rings is 1. The van der Waals surface area contributed by atoms with Crippen molar-refractivity contribution >= 4 is 23.2 Å². The maximum atomic E-state index is 13.5. The third kappa shape index (κ3) is 3.68. The molecule has 1 amide bonds. The number of carbonyl (C=O) groups is 1. The van der Waals surface area contributed by atoms with Crippen LogP contribution in [0.1, 0.15) is 24.1 Å². The van der Waals surface area contributed by atoms with Crippen molar-refractivity contribution in [2.45, 2.75) is 19.1 Å². The highest BCUT2D eigenvalue weighted by Crippen LogP contribution is 2.38. The van der Waals surface area contributed by atoms with Crippen LogP contribution >= 0.6 is 12.2 Å². The summed E-state index contributed by atoms with van der Waals surface area (Å²) in [5.74, 6) is -0.324. The van der Waals surface area contributed by atoms with Crippen LogP contribution in [0.2, 0.25) is 0 Å². The number of morpholine rings is 1. The molecule has 1 saturated heterocycles. The topological polar surface area (TPSA) is 53.6 Å². The van der Waals surface area contributed by atoms with Crippen molar-refractivity contribution in [3.05, 3.63) is 46.7 Å². The summed E-state index contributed by atoms with van der Waals surface area (Å²) < 4.78 is 45.7. The number of hydrogen-bond acceptors (Lipinski definition) is 3. The molecule has 0 aliphatic carbocycles. The first-order chi connectivity index (χ1) is 12.3. The average Bonchev–Trinajstić information content (AvgIpc) is 2.60. The number of rotatable bonds is 2. The van der Waals surface area contributed by atoms with E-state index in [0.717, 1.165) is 6.07 Å². The summed E-state index contributed by atoms with van der Waals surface area (Å²) in [6.07, 6.45) is -4.54. The second-order valence-electron chi connectivity index (χ2n) is 6.06. The number of nitrogens with zero attached hydrogens (tertiary/aromatic N) is 1. The van der Waals surface area contributed by atoms with Crippen molar-refractivity contribution in [3.63, 3.8) is 0 Å². The Bertz CT molecular complexity index is 758. The molecule has 5 nitrogen and oxygen atoms in total. The number of carbonyl (C=O) groups excluding carboxylic acids is 1. The lowest BCUT2D eigenvalue weighted by Gasteiger charge is -2.35. The lowest BCUT2D eigenvalue weighted by molar-refractivity contribution is -0.138. The molecule has 26 heavy (non-hydrogen) atoms. The maximum Gasteiger partial charge on any atom is 0.416 e. The molecular weight excluding hydrogens is 367 g/mol. The molecular formula is C17H18F3N3O2S. The third-order valence-electron chi connectivity index (χ3n) is 4.38. The highest BCUT2D eigenvalue weighted by Gasteiger charge is 2.39. The zero-order chi connectivity index (χ0) is 18.9. The van der Waals surface area contributed by atoms with Gasteiger partial charge < -0.3 is 20.3 Å². The van der Waals surface area contributed by atoms with E-state index in [4.69, 9.17) is 17.0 Å². The summed E-state index contributed by atoms with van der Waals surface area (Å²) in [5, 5.41) is 5.86. The minimum absolute atomic E-state index is 0.0280. The SMILES string of the molecule is CC1=C(C(=O)N2CCOCC2)C(c2ccccc2C(F)(F)F)NC(=S)N1. The van der Waals surface area contributed by atoms with Crippen molar-refractivity contribution in [1.82, 2.24) is 15.5 Å². The Morgan fingerprint density at radius 3 is 2.58 bits per heavy atom. The van der Waals surface area contributed by atoms with Crippen LogP contribution < -0.4 is 10.6 Å². The van der Waals surface area contributed by atoms with E-state index in [0.29, 0.717) is 32.0 Å². The van der Waals surface area contributed by atoms with Crippen LogP contribution in [0.5, 0.6) is 0 Å². The predicted molar refractivity (Wildman–Crippen MR) is 93.2 cm³/mol. The summed E-state index contributed by atoms with van der Waals surface area (Å²) in [4.78, 5) is 14.6. The Hall–Kier alpha value is -2.13. The zero-order valence-corrected chi connectivity index (χ0v) is 14.8. The molecule has 1 atom stereocenters. The molecule has 0 radical (unpaired) electrons. The first kappa shape index (κ1) is 18.7. The molecule has 1 aromatic carbocycles. The van der Waals surface area contributed by atoms with Gasteiger partial charge in [-0.15, -0.1) is 0 Å². The first-order valence-electron chi connectivity index (χ1n) is 8.10. The van der Waals surface area contributed by atoms with E-state index in [1.54, 1.807) is 11.8 Å². The Morgan fingerprint density at radius 1 is 1.27 bits per heavy atom. The number of hydrogen-bond donors (Lipinski definition) is 2. The van der Waals surface area contributed by atoms with Gasteiger partial charge in [0.1, 0.15) is 0 Å². The van der Waals surface area contributed by atoms with Crippen molar-refractivity contribution < 1.29 is 22.7 Å². The quantitative estimate of drug-likeness (QED) is 0.766. The lowest BCUT2D eigenvalue weighted by atomic mass is 9.91. The summed E-state index contributed by atoms with van der Waals surface area (Å²) in [7, 11) is 0. The van der Waals surface area contributed by atoms with Crippen LogP contribution in [0.3, 0.4) is 0 Å². The fraction of sp³-hybridized carbons (Fsp3) is 0.412. The fourth-order valence-corrected chi connectivity index (χ4v) is 3.43. The van der Waals surface area contributed by atoms with Crippen molar-refractivity contribution in [2.24, 2.45) is 0 Å². The minimum Gasteiger partial charge on any atom is -0.378 e. The number of halogens is 3. The zero-order valence-electron chi connectivity index (χ0n) is 14.0. The summed E-state index contributed by atoms with van der Waals surface area (Å²) >= 11 is 5.11. The third-order valence-corrected chi connectivity index (χ3v) is 4.59. The average molecular weight is 385 g/mol. The van der Waals surface area contributed by atoms with Gasteiger partial charge in [-0.1, -0.05) is 18.2 Å². The van der Waals surface area contributed by atoms with E-state index in [-0.39, 0.29) is 22.2 Å². The molecule has 0 aromatic heterocycles. The van der Waals surface area contributed by atoms with E-state index in [1.165, 1.54) is 18.2 Å². The van der Waals surface area contributed by atoms with E-state index >= 15 is 0 Å². The molecule has 140 valence electrons. The van der Waals surface area contributed by atoms with Gasteiger partial charge in [0.25, 0.3) is 5.91 Å². The number of ether oxygens (including phenoxy) is 1. The van der Waals surface area contributed by atoms with Gasteiger partial charge >= 0.3 is 6.18 Å². The molecule has 2 aliphatic rings. The van der Waals surface area contributed by atoms with Gasteiger partial charge in [-0.2, -0.15) is 13.2 Å². The molecule has 2 heterocycles. The number of thiocarbonyl (C=S) groups is 1. The minimum atomic E-state index is -4.54. The molecule has 0 saturated carbocycles. The van der Waals surface area contributed by atoms with Crippen molar-refractivity contribution in [1.29, 1.82) is 0 Å². The number of allylic oxidation sites excluding steroid dienone is 1. The van der Waals surface area contributed by atoms with Gasteiger partial charge in [-0.3, -0.25) is 4.79 Å². The van der Waals surface area contributed by atoms with Crippen LogP contribution in [-0.4, -0.2) is 42.2 Å². The Kier molecular flexibility index (Phi) is 5.19. The second-order valence-corrected chi connectivity index (χ2v) is 6.47. The lowest BCUT2D eigenvalue weighted by Crippen LogP contribution is -2.49. The maximum absolute atomic E-state index is 13.5. The molecule has 2 N–H and O–H groups in total. The predicted octanol–water partition coefficient (Wildman–Crippen LogP) is 2.36. The van der Waals surface area contributed by atoms with Crippen LogP contribution in [0, 0.1) is 0 Å². The fourth-order valence-electron chi connectivity index (χ4n) is 3.15. The smallest absolute Gasteiger partial charge is 0.378 e. The summed E-state index contributed by atoms with van der Waals surface area (Å²) in [5.41, 5.74) is -0.133. The molecule has 3 rings (SSSR count). The van der Waals surface area contributed by atoms with Gasteiger partial charge in [0.2, 0.25) is 0 Å². The van der Waals surface area contributed by atoms with Gasteiger partial charge in [0.15, 0.2) is 5.11 Å². The van der Waals surface area contributed by atoms with Crippen molar-refractivity contribution in [3.8, 4) is 0 Å². The van der Waals surface area contributed by atoms with Gasteiger partial charge in [-0.25, -0.2) is 0 Å². The van der Waals surface area contributed by atoms with Crippen LogP contribution in [0.15, 0.2) is 35.5 Å². The monoisotopic (exact) mass is 385 g/mol. The van der Waals surface area contributed by atoms with Gasteiger partial charge in [0.05, 0.1) is 30.4 Å². The number of alkyl halides is 3. The molecule has 2 aliphatic heterocycles. The van der Waals surface area contributed by atoms with Crippen LogP contribution in [-0.2, 0) is 15.7 Å². The molecule has 1 aromatic rings. The second kappa shape index (κ2) is 7.24. The molecule has 9 heteroatoms. The molecule has 0 bridgehead atoms. The molecule has 1 fully saturated rings. The van der Waals surface area contributed by atoms with E-state index in [2.05, 4.69) is 10.6 Å². The molecule has 1 unspecified atom stereocenters. The van der Waals surface area contributed by atoms with Gasteiger partial charge in [0, 0.05) is 18.8 Å². The standard InChI is InChI=1S/C17H18F3N3O2S/c1-10-13(15(24)23-6-8-25-9-7-23)14(22-16(26)21-10)11-4-2-3-5-12(11)17(18,19)20/h2-5,14H,6-9H2,1H3,(H2,21,22,26). The summed E-state index contributed by atoms with van der Waals surface area (Å²) in [6.45, 7) is 3.24. The van der Waals surface area contributed by atoms with Crippen molar-refractivity contribution in [2.75, 3.05) is 26.3 Å². The Balaban J connectivity index is 2.05. The largest absolute Gasteiger partial charge is 0.416 e. The highest BCUT2D eigenvalue weighted by molar-refractivity contribution is 7.80. The normalized spacial score (nSPS) is 21.3. The first-order valence-corrected chi connectivity index (χ1v) is 8.51. The van der Waals surface area contributed by atoms with Crippen LogP contribution in [0.25, 0.3) is 0 Å². The Labute approximate surface area is 154 Å². The van der Waals surface area contributed by atoms with Gasteiger partial charge in [-0.05, 0) is 30.8 Å². The van der Waals surface area contributed by atoms with E-state index in [9.17, 15) is 18.0 Å². The van der Waals surface area contributed by atoms with Crippen LogP contribution in [0.4, 0.5) is 13.2 Å². The Morgan fingerprint density at radius 2 is 1.92 bits per heavy atom. The van der Waals surface area contributed by atoms with E-state index in [1.807, 2.05) is 0 Å². The van der Waals surface area contributed by atoms with E-state index < -0.39 is 17.8 Å². The highest BCUT2D eigenvalue weighted by atomic mass is 32.1.